The molecule has 30 heavy (non-hydrogen) atoms. The number of imide groups is 1. The maximum atomic E-state index is 12.6. The molecular formula is C22H31N3O5. The highest BCUT2D eigenvalue weighted by Gasteiger charge is 2.37. The van der Waals surface area contributed by atoms with Gasteiger partial charge in [-0.3, -0.25) is 19.7 Å². The lowest BCUT2D eigenvalue weighted by molar-refractivity contribution is -0.152. The zero-order valence-corrected chi connectivity index (χ0v) is 18.3. The second kappa shape index (κ2) is 9.73. The number of benzene rings is 1. The molecule has 8 heteroatoms. The van der Waals surface area contributed by atoms with Gasteiger partial charge in [0.2, 0.25) is 5.91 Å². The summed E-state index contributed by atoms with van der Waals surface area (Å²) in [6.07, 6.45) is 0.961. The molecule has 4 amide bonds. The molecule has 0 spiro atoms. The van der Waals surface area contributed by atoms with Crippen LogP contribution in [0.25, 0.3) is 0 Å². The minimum Gasteiger partial charge on any atom is -0.455 e. The van der Waals surface area contributed by atoms with Crippen molar-refractivity contribution in [2.45, 2.75) is 58.9 Å². The Morgan fingerprint density at radius 1 is 1.23 bits per heavy atom. The molecule has 0 aliphatic carbocycles. The number of urea groups is 1. The Morgan fingerprint density at radius 3 is 2.53 bits per heavy atom. The molecule has 164 valence electrons. The van der Waals surface area contributed by atoms with Crippen LogP contribution in [0.3, 0.4) is 0 Å². The molecular weight excluding hydrogens is 386 g/mol. The second-order valence-electron chi connectivity index (χ2n) is 8.63. The van der Waals surface area contributed by atoms with Crippen molar-refractivity contribution in [1.82, 2.24) is 10.6 Å². The van der Waals surface area contributed by atoms with Gasteiger partial charge < -0.3 is 15.0 Å². The van der Waals surface area contributed by atoms with Crippen molar-refractivity contribution in [2.24, 2.45) is 5.92 Å². The fourth-order valence-corrected chi connectivity index (χ4v) is 3.26. The van der Waals surface area contributed by atoms with Gasteiger partial charge in [0.25, 0.3) is 5.91 Å². The maximum Gasteiger partial charge on any atom is 0.321 e. The van der Waals surface area contributed by atoms with Gasteiger partial charge in [-0.25, -0.2) is 4.79 Å². The van der Waals surface area contributed by atoms with Crippen molar-refractivity contribution < 1.29 is 23.9 Å². The third kappa shape index (κ3) is 6.30. The number of carbonyl (C=O) groups excluding carboxylic acids is 4. The Kier molecular flexibility index (Phi) is 7.59. The van der Waals surface area contributed by atoms with Crippen molar-refractivity contribution in [3.8, 4) is 0 Å². The summed E-state index contributed by atoms with van der Waals surface area (Å²) in [6, 6.07) is 7.02. The first kappa shape index (κ1) is 23.4. The summed E-state index contributed by atoms with van der Waals surface area (Å²) in [5, 5.41) is 4.69. The highest BCUT2D eigenvalue weighted by molar-refractivity contribution is 6.00. The monoisotopic (exact) mass is 417 g/mol. The van der Waals surface area contributed by atoms with Crippen LogP contribution in [0.1, 0.15) is 58.9 Å². The molecule has 1 aromatic carbocycles. The number of hydrogen-bond acceptors (Lipinski definition) is 5. The van der Waals surface area contributed by atoms with Crippen molar-refractivity contribution >= 4 is 29.5 Å². The molecule has 0 bridgehead atoms. The molecule has 1 fully saturated rings. The summed E-state index contributed by atoms with van der Waals surface area (Å²) >= 11 is 0. The molecule has 2 N–H and O–H groups in total. The van der Waals surface area contributed by atoms with E-state index in [0.717, 1.165) is 17.7 Å². The number of hydrogen-bond donors (Lipinski definition) is 2. The number of anilines is 1. The Balaban J connectivity index is 1.93. The van der Waals surface area contributed by atoms with E-state index in [1.54, 1.807) is 25.7 Å². The van der Waals surface area contributed by atoms with Crippen LogP contribution < -0.4 is 15.5 Å². The molecule has 2 rings (SSSR count). The minimum atomic E-state index is -0.728. The Bertz CT molecular complexity index is 815. The van der Waals surface area contributed by atoms with Crippen molar-refractivity contribution in [3.63, 3.8) is 0 Å². The normalized spacial score (nSPS) is 17.4. The average molecular weight is 418 g/mol. The molecule has 1 heterocycles. The zero-order chi connectivity index (χ0) is 22.5. The molecule has 0 saturated carbocycles. The van der Waals surface area contributed by atoms with Gasteiger partial charge in [-0.15, -0.1) is 0 Å². The number of nitrogens with zero attached hydrogens (tertiary/aromatic N) is 1. The number of rotatable bonds is 6. The predicted octanol–water partition coefficient (Wildman–Crippen LogP) is 2.72. The van der Waals surface area contributed by atoms with Crippen LogP contribution in [0.5, 0.6) is 0 Å². The number of nitrogens with one attached hydrogen (secondary N) is 2. The van der Waals surface area contributed by atoms with Gasteiger partial charge in [0.1, 0.15) is 0 Å². The van der Waals surface area contributed by atoms with E-state index >= 15 is 0 Å². The van der Waals surface area contributed by atoms with Crippen LogP contribution in [-0.4, -0.2) is 42.5 Å². The lowest BCUT2D eigenvalue weighted by Crippen LogP contribution is -2.49. The molecule has 1 aliphatic heterocycles. The molecule has 0 unspecified atom stereocenters. The van der Waals surface area contributed by atoms with Gasteiger partial charge in [0.05, 0.1) is 5.92 Å². The van der Waals surface area contributed by atoms with E-state index < -0.39 is 36.0 Å². The number of para-hydroxylation sites is 1. The first-order chi connectivity index (χ1) is 14.0. The van der Waals surface area contributed by atoms with Crippen LogP contribution in [0.4, 0.5) is 10.5 Å². The SMILES string of the molecule is CC[C@H](C)c1ccccc1N1C[C@@H](C(=O)OCC(=O)NC(=O)NC(C)(C)C)CC1=O. The van der Waals surface area contributed by atoms with Crippen molar-refractivity contribution in [3.05, 3.63) is 29.8 Å². The molecule has 1 saturated heterocycles. The van der Waals surface area contributed by atoms with Crippen molar-refractivity contribution in [2.75, 3.05) is 18.1 Å². The first-order valence-corrected chi connectivity index (χ1v) is 10.2. The molecule has 2 atom stereocenters. The van der Waals surface area contributed by atoms with Gasteiger partial charge in [-0.2, -0.15) is 0 Å². The van der Waals surface area contributed by atoms with Crippen LogP contribution in [0, 0.1) is 5.92 Å². The highest BCUT2D eigenvalue weighted by Crippen LogP contribution is 2.33. The van der Waals surface area contributed by atoms with E-state index in [2.05, 4.69) is 24.5 Å². The number of ether oxygens (including phenoxy) is 1. The third-order valence-corrected chi connectivity index (χ3v) is 4.92. The van der Waals surface area contributed by atoms with E-state index in [0.29, 0.717) is 0 Å². The number of carbonyl (C=O) groups is 4. The van der Waals surface area contributed by atoms with Gasteiger partial charge in [0.15, 0.2) is 6.61 Å². The fraction of sp³-hybridized carbons (Fsp3) is 0.545. The van der Waals surface area contributed by atoms with E-state index in [9.17, 15) is 19.2 Å². The lowest BCUT2D eigenvalue weighted by atomic mass is 9.96. The summed E-state index contributed by atoms with van der Waals surface area (Å²) in [5.41, 5.74) is 1.37. The van der Waals surface area contributed by atoms with Crippen LogP contribution >= 0.6 is 0 Å². The molecule has 1 aromatic rings. The Labute approximate surface area is 177 Å². The fourth-order valence-electron chi connectivity index (χ4n) is 3.26. The summed E-state index contributed by atoms with van der Waals surface area (Å²) in [6.45, 7) is 9.14. The van der Waals surface area contributed by atoms with Crippen LogP contribution in [-0.2, 0) is 19.1 Å². The Hall–Kier alpha value is -2.90. The third-order valence-electron chi connectivity index (χ3n) is 4.92. The molecule has 0 aromatic heterocycles. The van der Waals surface area contributed by atoms with Gasteiger partial charge in [-0.05, 0) is 44.7 Å². The van der Waals surface area contributed by atoms with E-state index in [4.69, 9.17) is 4.74 Å². The molecule has 8 nitrogen and oxygen atoms in total. The summed E-state index contributed by atoms with van der Waals surface area (Å²) in [4.78, 5) is 50.1. The predicted molar refractivity (Wildman–Crippen MR) is 113 cm³/mol. The maximum absolute atomic E-state index is 12.6. The summed E-state index contributed by atoms with van der Waals surface area (Å²) in [7, 11) is 0. The first-order valence-electron chi connectivity index (χ1n) is 10.2. The van der Waals surface area contributed by atoms with Crippen LogP contribution in [0.2, 0.25) is 0 Å². The number of amides is 4. The van der Waals surface area contributed by atoms with E-state index in [1.807, 2.05) is 24.3 Å². The average Bonchev–Trinajstić information content (AvgIpc) is 3.05. The molecule has 0 radical (unpaired) electrons. The summed E-state index contributed by atoms with van der Waals surface area (Å²) in [5.74, 6) is -1.88. The topological polar surface area (TPSA) is 105 Å². The largest absolute Gasteiger partial charge is 0.455 e. The van der Waals surface area contributed by atoms with E-state index in [-0.39, 0.29) is 24.8 Å². The Morgan fingerprint density at radius 2 is 1.90 bits per heavy atom. The van der Waals surface area contributed by atoms with E-state index in [1.165, 1.54) is 0 Å². The number of esters is 1. The highest BCUT2D eigenvalue weighted by atomic mass is 16.5. The second-order valence-corrected chi connectivity index (χ2v) is 8.63. The van der Waals surface area contributed by atoms with Crippen LogP contribution in [0.15, 0.2) is 24.3 Å². The smallest absolute Gasteiger partial charge is 0.321 e. The standard InChI is InChI=1S/C22H31N3O5/c1-6-14(2)16-9-7-8-10-17(16)25-12-15(11-19(25)27)20(28)30-13-18(26)23-21(29)24-22(3,4)5/h7-10,14-15H,6,11-13H2,1-5H3,(H2,23,24,26,29)/t14-,15-/m0/s1. The van der Waals surface area contributed by atoms with Gasteiger partial charge in [-0.1, -0.05) is 32.0 Å². The quantitative estimate of drug-likeness (QED) is 0.693. The van der Waals surface area contributed by atoms with Gasteiger partial charge >= 0.3 is 12.0 Å². The lowest BCUT2D eigenvalue weighted by Gasteiger charge is -2.23. The summed E-state index contributed by atoms with van der Waals surface area (Å²) < 4.78 is 5.04. The molecule has 1 aliphatic rings. The van der Waals surface area contributed by atoms with Gasteiger partial charge in [0, 0.05) is 24.2 Å². The minimum absolute atomic E-state index is 0.0276. The zero-order valence-electron chi connectivity index (χ0n) is 18.3. The van der Waals surface area contributed by atoms with Crippen molar-refractivity contribution in [1.29, 1.82) is 0 Å².